The molecule has 142 valence electrons. The molecule has 1 heterocycles. The van der Waals surface area contributed by atoms with E-state index in [0.29, 0.717) is 0 Å². The lowest BCUT2D eigenvalue weighted by Gasteiger charge is -2.25. The Balaban J connectivity index is 1.90. The van der Waals surface area contributed by atoms with Gasteiger partial charge in [-0.15, -0.1) is 0 Å². The van der Waals surface area contributed by atoms with E-state index in [-0.39, 0.29) is 5.91 Å². The van der Waals surface area contributed by atoms with Crippen LogP contribution in [-0.4, -0.2) is 23.9 Å². The number of hydrogen-bond acceptors (Lipinski definition) is 1. The average molecular weight is 346 g/mol. The molecule has 0 aromatic heterocycles. The number of nitrogens with zero attached hydrogens (tertiary/aromatic N) is 1. The monoisotopic (exact) mass is 345 g/mol. The van der Waals surface area contributed by atoms with Crippen LogP contribution in [0.25, 0.3) is 0 Å². The van der Waals surface area contributed by atoms with Gasteiger partial charge in [0.05, 0.1) is 0 Å². The molecule has 0 aliphatic carbocycles. The van der Waals surface area contributed by atoms with Crippen molar-refractivity contribution in [3.8, 4) is 0 Å². The smallest absolute Gasteiger partial charge is 0.246 e. The first kappa shape index (κ1) is 21.7. The number of rotatable bonds is 13. The van der Waals surface area contributed by atoms with Crippen molar-refractivity contribution in [3.63, 3.8) is 0 Å². The molecule has 1 aliphatic heterocycles. The van der Waals surface area contributed by atoms with Crippen LogP contribution in [0.15, 0.2) is 36.5 Å². The summed E-state index contributed by atoms with van der Waals surface area (Å²) < 4.78 is 0. The molecule has 1 saturated heterocycles. The van der Waals surface area contributed by atoms with Crippen LogP contribution >= 0.6 is 0 Å². The maximum atomic E-state index is 11.9. The Hall–Kier alpha value is -1.31. The van der Waals surface area contributed by atoms with Gasteiger partial charge in [-0.25, -0.2) is 0 Å². The van der Waals surface area contributed by atoms with Gasteiger partial charge in [0, 0.05) is 19.2 Å². The summed E-state index contributed by atoms with van der Waals surface area (Å²) in [6.07, 6.45) is 29.0. The molecule has 1 rings (SSSR count). The highest BCUT2D eigenvalue weighted by Crippen LogP contribution is 2.10. The van der Waals surface area contributed by atoms with Crippen LogP contribution in [0.3, 0.4) is 0 Å². The fourth-order valence-corrected chi connectivity index (χ4v) is 3.14. The van der Waals surface area contributed by atoms with Gasteiger partial charge in [0.1, 0.15) is 0 Å². The quantitative estimate of drug-likeness (QED) is 0.160. The van der Waals surface area contributed by atoms with Crippen LogP contribution in [0.2, 0.25) is 0 Å². The second-order valence-electron chi connectivity index (χ2n) is 7.13. The van der Waals surface area contributed by atoms with Crippen molar-refractivity contribution in [2.24, 2.45) is 0 Å². The van der Waals surface area contributed by atoms with E-state index in [0.717, 1.165) is 32.4 Å². The Morgan fingerprint density at radius 1 is 0.760 bits per heavy atom. The second kappa shape index (κ2) is 16.2. The Bertz CT molecular complexity index is 402. The van der Waals surface area contributed by atoms with E-state index >= 15 is 0 Å². The minimum absolute atomic E-state index is 0.174. The zero-order valence-corrected chi connectivity index (χ0v) is 16.4. The van der Waals surface area contributed by atoms with Gasteiger partial charge < -0.3 is 4.90 Å². The molecule has 0 N–H and O–H groups in total. The summed E-state index contributed by atoms with van der Waals surface area (Å²) in [4.78, 5) is 13.9. The highest BCUT2D eigenvalue weighted by molar-refractivity contribution is 5.87. The van der Waals surface area contributed by atoms with Crippen LogP contribution in [0, 0.1) is 0 Å². The lowest BCUT2D eigenvalue weighted by atomic mass is 10.1. The van der Waals surface area contributed by atoms with Crippen molar-refractivity contribution in [1.29, 1.82) is 0 Å². The van der Waals surface area contributed by atoms with Crippen molar-refractivity contribution in [1.82, 2.24) is 4.90 Å². The lowest BCUT2D eigenvalue weighted by Crippen LogP contribution is -2.34. The number of amides is 1. The molecule has 0 aromatic rings. The van der Waals surface area contributed by atoms with Gasteiger partial charge in [0.25, 0.3) is 0 Å². The maximum absolute atomic E-state index is 11.9. The van der Waals surface area contributed by atoms with E-state index in [9.17, 15) is 4.79 Å². The third kappa shape index (κ3) is 12.7. The molecular formula is C23H39NO. The number of carbonyl (C=O) groups excluding carboxylic acids is 1. The molecule has 0 radical (unpaired) electrons. The summed E-state index contributed by atoms with van der Waals surface area (Å²) in [5, 5.41) is 0. The molecule has 0 unspecified atom stereocenters. The number of carbonyl (C=O) groups is 1. The maximum Gasteiger partial charge on any atom is 0.246 e. The van der Waals surface area contributed by atoms with Gasteiger partial charge in [0.15, 0.2) is 0 Å². The molecule has 25 heavy (non-hydrogen) atoms. The van der Waals surface area contributed by atoms with Crippen molar-refractivity contribution < 1.29 is 4.79 Å². The fourth-order valence-electron chi connectivity index (χ4n) is 3.14. The molecule has 1 aliphatic rings. The number of unbranched alkanes of at least 4 members (excludes halogenated alkanes) is 8. The van der Waals surface area contributed by atoms with Gasteiger partial charge in [-0.05, 0) is 51.4 Å². The summed E-state index contributed by atoms with van der Waals surface area (Å²) in [6, 6.07) is 0. The van der Waals surface area contributed by atoms with E-state index in [1.165, 1.54) is 64.2 Å². The first-order chi connectivity index (χ1) is 12.3. The van der Waals surface area contributed by atoms with E-state index in [2.05, 4.69) is 25.2 Å². The van der Waals surface area contributed by atoms with Crippen molar-refractivity contribution in [2.45, 2.75) is 90.4 Å². The Morgan fingerprint density at radius 3 is 2.04 bits per heavy atom. The molecule has 1 fully saturated rings. The SMILES string of the molecule is CCCC/C=C\CCCCCCC/C=C/C=C/C(=O)N1CCCCC1. The molecule has 2 heteroatoms. The van der Waals surface area contributed by atoms with Crippen LogP contribution in [0.4, 0.5) is 0 Å². The highest BCUT2D eigenvalue weighted by Gasteiger charge is 2.12. The normalized spacial score (nSPS) is 15.8. The first-order valence-corrected chi connectivity index (χ1v) is 10.6. The molecule has 0 aromatic carbocycles. The standard InChI is InChI=1S/C23H39NO/c1-2-3-4-5-6-7-8-9-10-11-12-13-14-15-17-20-23(25)24-21-18-16-19-22-24/h5-6,14-15,17,20H,2-4,7-13,16,18-19,21-22H2,1H3/b6-5-,15-14+,20-17+. The average Bonchev–Trinajstić information content (AvgIpc) is 2.65. The summed E-state index contributed by atoms with van der Waals surface area (Å²) >= 11 is 0. The number of hydrogen-bond donors (Lipinski definition) is 0. The first-order valence-electron chi connectivity index (χ1n) is 10.6. The Morgan fingerprint density at radius 2 is 1.36 bits per heavy atom. The van der Waals surface area contributed by atoms with Gasteiger partial charge in [-0.2, -0.15) is 0 Å². The van der Waals surface area contributed by atoms with Crippen molar-refractivity contribution in [2.75, 3.05) is 13.1 Å². The zero-order valence-electron chi connectivity index (χ0n) is 16.4. The third-order valence-electron chi connectivity index (χ3n) is 4.79. The number of piperidine rings is 1. The molecule has 2 nitrogen and oxygen atoms in total. The minimum Gasteiger partial charge on any atom is -0.339 e. The topological polar surface area (TPSA) is 20.3 Å². The molecule has 0 spiro atoms. The van der Waals surface area contributed by atoms with E-state index < -0.39 is 0 Å². The summed E-state index contributed by atoms with van der Waals surface area (Å²) in [5.74, 6) is 0.174. The van der Waals surface area contributed by atoms with E-state index in [1.807, 2.05) is 17.1 Å². The number of allylic oxidation sites excluding steroid dienone is 5. The lowest BCUT2D eigenvalue weighted by molar-refractivity contribution is -0.126. The van der Waals surface area contributed by atoms with Crippen molar-refractivity contribution >= 4 is 5.91 Å². The molecule has 0 saturated carbocycles. The van der Waals surface area contributed by atoms with Crippen molar-refractivity contribution in [3.05, 3.63) is 36.5 Å². The van der Waals surface area contributed by atoms with Gasteiger partial charge in [-0.3, -0.25) is 4.79 Å². The minimum atomic E-state index is 0.174. The fraction of sp³-hybridized carbons (Fsp3) is 0.696. The summed E-state index contributed by atoms with van der Waals surface area (Å²) in [6.45, 7) is 4.11. The van der Waals surface area contributed by atoms with Gasteiger partial charge in [-0.1, -0.05) is 69.4 Å². The second-order valence-corrected chi connectivity index (χ2v) is 7.13. The number of likely N-dealkylation sites (tertiary alicyclic amines) is 1. The molecule has 0 atom stereocenters. The van der Waals surface area contributed by atoms with Crippen LogP contribution in [-0.2, 0) is 4.79 Å². The molecule has 1 amide bonds. The van der Waals surface area contributed by atoms with Crippen LogP contribution in [0.5, 0.6) is 0 Å². The largest absolute Gasteiger partial charge is 0.339 e. The molecule has 0 bridgehead atoms. The van der Waals surface area contributed by atoms with E-state index in [4.69, 9.17) is 0 Å². The van der Waals surface area contributed by atoms with E-state index in [1.54, 1.807) is 6.08 Å². The summed E-state index contributed by atoms with van der Waals surface area (Å²) in [5.41, 5.74) is 0. The Kier molecular flexibility index (Phi) is 14.1. The molecular weight excluding hydrogens is 306 g/mol. The highest BCUT2D eigenvalue weighted by atomic mass is 16.2. The third-order valence-corrected chi connectivity index (χ3v) is 4.79. The predicted octanol–water partition coefficient (Wildman–Crippen LogP) is 6.59. The zero-order chi connectivity index (χ0) is 18.0. The summed E-state index contributed by atoms with van der Waals surface area (Å²) in [7, 11) is 0. The predicted molar refractivity (Wildman–Crippen MR) is 110 cm³/mol. The van der Waals surface area contributed by atoms with Gasteiger partial charge >= 0.3 is 0 Å². The van der Waals surface area contributed by atoms with Gasteiger partial charge in [0.2, 0.25) is 5.91 Å². The van der Waals surface area contributed by atoms with Crippen LogP contribution in [0.1, 0.15) is 90.4 Å². The van der Waals surface area contributed by atoms with Crippen LogP contribution < -0.4 is 0 Å². The Labute approximate surface area is 156 Å².